The van der Waals surface area contributed by atoms with Gasteiger partial charge in [-0.15, -0.1) is 17.5 Å². The van der Waals surface area contributed by atoms with Crippen molar-refractivity contribution in [1.82, 2.24) is 4.31 Å². The Morgan fingerprint density at radius 3 is 2.48 bits per heavy atom. The summed E-state index contributed by atoms with van der Waals surface area (Å²) in [5, 5.41) is 0. The van der Waals surface area contributed by atoms with Crippen LogP contribution >= 0.6 is 11.6 Å². The summed E-state index contributed by atoms with van der Waals surface area (Å²) in [4.78, 5) is 0.290. The van der Waals surface area contributed by atoms with Gasteiger partial charge in [-0.05, 0) is 25.5 Å². The zero-order valence-corrected chi connectivity index (χ0v) is 15.3. The number of hydrogen-bond acceptors (Lipinski definition) is 2. The molecule has 0 N–H and O–H groups in total. The van der Waals surface area contributed by atoms with Crippen LogP contribution in [0.15, 0.2) is 41.3 Å². The minimum atomic E-state index is -3.55. The standard InChI is InChI=1S/C18H24ClNO2S/c1-3-4-5-6-8-15-20(16-9-7-14-19)23(21,22)18-12-10-17(2)11-13-18/h7,9-13H,3-5,14-16H2,1-2H3/b9-7-. The normalized spacial score (nSPS) is 11.7. The number of alkyl halides is 1. The van der Waals surface area contributed by atoms with Crippen molar-refractivity contribution in [1.29, 1.82) is 0 Å². The van der Waals surface area contributed by atoms with Crippen LogP contribution in [0.2, 0.25) is 0 Å². The molecule has 0 saturated heterocycles. The Labute approximate surface area is 145 Å². The van der Waals surface area contributed by atoms with E-state index in [-0.39, 0.29) is 18.0 Å². The maximum Gasteiger partial charge on any atom is 0.244 e. The summed E-state index contributed by atoms with van der Waals surface area (Å²) in [6, 6.07) is 6.86. The van der Waals surface area contributed by atoms with Crippen LogP contribution in [-0.4, -0.2) is 31.7 Å². The van der Waals surface area contributed by atoms with Crippen molar-refractivity contribution in [2.45, 2.75) is 38.0 Å². The number of sulfonamides is 1. The third-order valence-corrected chi connectivity index (χ3v) is 5.26. The van der Waals surface area contributed by atoms with Crippen molar-refractivity contribution in [2.75, 3.05) is 19.0 Å². The average molecular weight is 354 g/mol. The van der Waals surface area contributed by atoms with E-state index in [1.807, 2.05) is 6.92 Å². The molecule has 0 aromatic heterocycles. The largest absolute Gasteiger partial charge is 0.244 e. The van der Waals surface area contributed by atoms with E-state index in [0.29, 0.717) is 5.88 Å². The van der Waals surface area contributed by atoms with E-state index >= 15 is 0 Å². The van der Waals surface area contributed by atoms with Crippen LogP contribution in [0.25, 0.3) is 0 Å². The van der Waals surface area contributed by atoms with Gasteiger partial charge in [-0.2, -0.15) is 4.31 Å². The molecule has 0 atom stereocenters. The number of allylic oxidation sites excluding steroid dienone is 1. The van der Waals surface area contributed by atoms with Gasteiger partial charge in [-0.25, -0.2) is 8.42 Å². The lowest BCUT2D eigenvalue weighted by molar-refractivity contribution is 0.478. The first kappa shape index (κ1) is 19.8. The molecule has 0 aliphatic rings. The van der Waals surface area contributed by atoms with Crippen LogP contribution in [0.4, 0.5) is 0 Å². The van der Waals surface area contributed by atoms with E-state index in [1.165, 1.54) is 4.31 Å². The van der Waals surface area contributed by atoms with Crippen LogP contribution in [0, 0.1) is 18.8 Å². The molecule has 1 aromatic carbocycles. The average Bonchev–Trinajstić information content (AvgIpc) is 2.53. The quantitative estimate of drug-likeness (QED) is 0.307. The highest BCUT2D eigenvalue weighted by atomic mass is 35.5. The van der Waals surface area contributed by atoms with E-state index in [4.69, 9.17) is 11.6 Å². The van der Waals surface area contributed by atoms with Gasteiger partial charge in [0.2, 0.25) is 10.0 Å². The van der Waals surface area contributed by atoms with Gasteiger partial charge in [0.1, 0.15) is 0 Å². The molecule has 0 aliphatic carbocycles. The molecule has 23 heavy (non-hydrogen) atoms. The molecule has 126 valence electrons. The molecule has 1 rings (SSSR count). The Kier molecular flexibility index (Phi) is 9.01. The Balaban J connectivity index is 2.93. The fraction of sp³-hybridized carbons (Fsp3) is 0.444. The first-order chi connectivity index (χ1) is 11.0. The van der Waals surface area contributed by atoms with Crippen LogP contribution in [0.3, 0.4) is 0 Å². The summed E-state index contributed by atoms with van der Waals surface area (Å²) in [7, 11) is -3.55. The Hall–Kier alpha value is -1.28. The van der Waals surface area contributed by atoms with Gasteiger partial charge in [-0.1, -0.05) is 49.1 Å². The molecule has 5 heteroatoms. The number of hydrogen-bond donors (Lipinski definition) is 0. The van der Waals surface area contributed by atoms with Gasteiger partial charge >= 0.3 is 0 Å². The zero-order chi connectivity index (χ0) is 17.1. The number of unbranched alkanes of at least 4 members (excludes halogenated alkanes) is 2. The molecule has 0 radical (unpaired) electrons. The SMILES string of the molecule is CCCCC#CCN(C/C=C\CCl)S(=O)(=O)c1ccc(C)cc1. The lowest BCUT2D eigenvalue weighted by atomic mass is 10.2. The minimum Gasteiger partial charge on any atom is -0.207 e. The maximum absolute atomic E-state index is 12.7. The fourth-order valence-electron chi connectivity index (χ4n) is 1.86. The second kappa shape index (κ2) is 10.5. The number of aryl methyl sites for hydroxylation is 1. The summed E-state index contributed by atoms with van der Waals surface area (Å²) in [6.45, 7) is 4.49. The topological polar surface area (TPSA) is 37.4 Å². The lowest BCUT2D eigenvalue weighted by Crippen LogP contribution is -2.31. The van der Waals surface area contributed by atoms with Gasteiger partial charge in [0.05, 0.1) is 11.4 Å². The predicted molar refractivity (Wildman–Crippen MR) is 97.1 cm³/mol. The number of benzene rings is 1. The van der Waals surface area contributed by atoms with Crippen molar-refractivity contribution >= 4 is 21.6 Å². The van der Waals surface area contributed by atoms with Crippen LogP contribution in [0.1, 0.15) is 31.7 Å². The maximum atomic E-state index is 12.7. The highest BCUT2D eigenvalue weighted by molar-refractivity contribution is 7.89. The smallest absolute Gasteiger partial charge is 0.207 e. The molecule has 0 unspecified atom stereocenters. The summed E-state index contributed by atoms with van der Waals surface area (Å²) in [5.41, 5.74) is 1.02. The highest BCUT2D eigenvalue weighted by Crippen LogP contribution is 2.16. The Morgan fingerprint density at radius 2 is 1.87 bits per heavy atom. The first-order valence-corrected chi connectivity index (χ1v) is 9.73. The molecule has 3 nitrogen and oxygen atoms in total. The monoisotopic (exact) mass is 353 g/mol. The first-order valence-electron chi connectivity index (χ1n) is 7.76. The number of nitrogens with zero attached hydrogens (tertiary/aromatic N) is 1. The third-order valence-electron chi connectivity index (χ3n) is 3.26. The highest BCUT2D eigenvalue weighted by Gasteiger charge is 2.22. The van der Waals surface area contributed by atoms with Crippen molar-refractivity contribution in [3.8, 4) is 11.8 Å². The molecular formula is C18H24ClNO2S. The number of halogens is 1. The van der Waals surface area contributed by atoms with Crippen molar-refractivity contribution < 1.29 is 8.42 Å². The molecule has 0 aliphatic heterocycles. The summed E-state index contributed by atoms with van der Waals surface area (Å²) in [5.74, 6) is 6.36. The predicted octanol–water partition coefficient (Wildman–Crippen LogP) is 3.97. The van der Waals surface area contributed by atoms with Crippen molar-refractivity contribution in [2.24, 2.45) is 0 Å². The van der Waals surface area contributed by atoms with Crippen molar-refractivity contribution in [3.05, 3.63) is 42.0 Å². The zero-order valence-electron chi connectivity index (χ0n) is 13.8. The second-order valence-corrected chi connectivity index (χ2v) is 7.44. The van der Waals surface area contributed by atoms with Gasteiger partial charge in [0, 0.05) is 18.8 Å². The minimum absolute atomic E-state index is 0.187. The molecule has 0 spiro atoms. The van der Waals surface area contributed by atoms with Crippen LogP contribution in [0.5, 0.6) is 0 Å². The molecule has 0 amide bonds. The second-order valence-electron chi connectivity index (χ2n) is 5.19. The summed E-state index contributed by atoms with van der Waals surface area (Å²) in [6.07, 6.45) is 6.41. The van der Waals surface area contributed by atoms with E-state index in [9.17, 15) is 8.42 Å². The molecule has 0 heterocycles. The van der Waals surface area contributed by atoms with E-state index in [2.05, 4.69) is 18.8 Å². The molecular weight excluding hydrogens is 330 g/mol. The van der Waals surface area contributed by atoms with E-state index in [1.54, 1.807) is 36.4 Å². The third kappa shape index (κ3) is 6.78. The Bertz CT molecular complexity index is 655. The number of rotatable bonds is 8. The molecule has 0 fully saturated rings. The van der Waals surface area contributed by atoms with Gasteiger partial charge < -0.3 is 0 Å². The molecule has 0 bridgehead atoms. The van der Waals surface area contributed by atoms with Gasteiger partial charge in [0.25, 0.3) is 0 Å². The molecule has 0 saturated carbocycles. The fourth-order valence-corrected chi connectivity index (χ4v) is 3.28. The summed E-state index contributed by atoms with van der Waals surface area (Å²) < 4.78 is 26.9. The molecule has 1 aromatic rings. The van der Waals surface area contributed by atoms with Gasteiger partial charge in [0.15, 0.2) is 0 Å². The Morgan fingerprint density at radius 1 is 1.17 bits per heavy atom. The van der Waals surface area contributed by atoms with Crippen LogP contribution in [-0.2, 0) is 10.0 Å². The van der Waals surface area contributed by atoms with Crippen LogP contribution < -0.4 is 0 Å². The van der Waals surface area contributed by atoms with E-state index < -0.39 is 10.0 Å². The van der Waals surface area contributed by atoms with Gasteiger partial charge in [-0.3, -0.25) is 0 Å². The van der Waals surface area contributed by atoms with E-state index in [0.717, 1.165) is 24.8 Å². The summed E-state index contributed by atoms with van der Waals surface area (Å²) >= 11 is 5.61. The lowest BCUT2D eigenvalue weighted by Gasteiger charge is -2.18. The van der Waals surface area contributed by atoms with Crippen molar-refractivity contribution in [3.63, 3.8) is 0 Å².